The molecule has 0 spiro atoms. The fraction of sp³-hybridized carbons (Fsp3) is 0.714. The average Bonchev–Trinajstić information content (AvgIpc) is 2.35. The first-order valence-electron chi connectivity index (χ1n) is 3.22. The van der Waals surface area contributed by atoms with Crippen LogP contribution in [0.5, 0.6) is 0 Å². The van der Waals surface area contributed by atoms with Crippen molar-refractivity contribution in [2.75, 3.05) is 0 Å². The second kappa shape index (κ2) is 2.36. The van der Waals surface area contributed by atoms with Crippen LogP contribution in [0.2, 0.25) is 0 Å². The largest absolute Gasteiger partial charge is 0.298 e. The first kappa shape index (κ1) is 8.83. The summed E-state index contributed by atoms with van der Waals surface area (Å²) in [5.41, 5.74) is -0.675. The van der Waals surface area contributed by atoms with Gasteiger partial charge in [-0.3, -0.25) is 4.79 Å². The number of alkyl halides is 2. The average molecular weight is 192 g/mol. The Hall–Kier alpha value is -0.260. The fourth-order valence-electron chi connectivity index (χ4n) is 0.969. The van der Waals surface area contributed by atoms with E-state index in [2.05, 4.69) is 0 Å². The molecule has 11 heavy (non-hydrogen) atoms. The maximum Gasteiger partial charge on any atom is 0.155 e. The molecule has 1 fully saturated rings. The molecule has 0 radical (unpaired) electrons. The minimum Gasteiger partial charge on any atom is -0.298 e. The lowest BCUT2D eigenvalue weighted by Crippen LogP contribution is -2.17. The summed E-state index contributed by atoms with van der Waals surface area (Å²) in [4.78, 5) is 11.2. The van der Waals surface area contributed by atoms with E-state index in [0.717, 1.165) is 0 Å². The molecule has 1 aliphatic carbocycles. The van der Waals surface area contributed by atoms with Gasteiger partial charge in [-0.25, -0.2) is 0 Å². The highest BCUT2D eigenvalue weighted by molar-refractivity contribution is 6.53. The van der Waals surface area contributed by atoms with Crippen molar-refractivity contribution in [1.29, 1.82) is 5.26 Å². The number of carbonyl (C=O) groups is 1. The molecule has 0 N–H and O–H groups in total. The Bertz CT molecular complexity index is 243. The normalized spacial score (nSPS) is 32.5. The molecular formula is C7H7Cl2NO. The Morgan fingerprint density at radius 3 is 2.45 bits per heavy atom. The number of ketones is 1. The molecule has 0 aromatic rings. The second-order valence-electron chi connectivity index (χ2n) is 2.97. The van der Waals surface area contributed by atoms with Gasteiger partial charge in [0.05, 0.1) is 17.9 Å². The number of hydrogen-bond acceptors (Lipinski definition) is 2. The maximum absolute atomic E-state index is 11.2. The van der Waals surface area contributed by atoms with E-state index in [1.807, 2.05) is 0 Å². The minimum atomic E-state index is -0.930. The second-order valence-corrected chi connectivity index (χ2v) is 4.46. The molecule has 2 nitrogen and oxygen atoms in total. The quantitative estimate of drug-likeness (QED) is 0.628. The molecule has 0 aliphatic heterocycles. The number of hydrogen-bond donors (Lipinski definition) is 0. The van der Waals surface area contributed by atoms with Crippen LogP contribution in [-0.2, 0) is 4.79 Å². The van der Waals surface area contributed by atoms with Gasteiger partial charge in [0.25, 0.3) is 0 Å². The van der Waals surface area contributed by atoms with Crippen LogP contribution >= 0.6 is 23.2 Å². The molecule has 1 saturated carbocycles. The Morgan fingerprint density at radius 1 is 1.73 bits per heavy atom. The van der Waals surface area contributed by atoms with Gasteiger partial charge in [-0.05, 0) is 13.3 Å². The predicted octanol–water partition coefficient (Wildman–Crippen LogP) is 2.05. The van der Waals surface area contributed by atoms with Crippen molar-refractivity contribution in [2.45, 2.75) is 24.1 Å². The van der Waals surface area contributed by atoms with E-state index in [9.17, 15) is 4.79 Å². The molecule has 1 rings (SSSR count). The molecule has 0 aromatic carbocycles. The summed E-state index contributed by atoms with van der Waals surface area (Å²) in [6.07, 6.45) is 0.362. The van der Waals surface area contributed by atoms with Gasteiger partial charge in [0.15, 0.2) is 5.78 Å². The molecule has 60 valence electrons. The zero-order valence-corrected chi connectivity index (χ0v) is 7.54. The monoisotopic (exact) mass is 191 g/mol. The summed E-state index contributed by atoms with van der Waals surface area (Å²) in [6, 6.07) is 1.78. The topological polar surface area (TPSA) is 40.9 Å². The highest BCUT2D eigenvalue weighted by Crippen LogP contribution is 2.64. The SMILES string of the molecule is CC1(C(=O)CC#N)CC1(Cl)Cl. The number of halogens is 2. The van der Waals surface area contributed by atoms with Gasteiger partial charge in [0.1, 0.15) is 4.33 Å². The first-order valence-corrected chi connectivity index (χ1v) is 3.98. The molecule has 1 aliphatic rings. The van der Waals surface area contributed by atoms with Gasteiger partial charge in [-0.15, -0.1) is 23.2 Å². The third-order valence-corrected chi connectivity index (χ3v) is 3.21. The van der Waals surface area contributed by atoms with Gasteiger partial charge in [-0.2, -0.15) is 5.26 Å². The van der Waals surface area contributed by atoms with E-state index < -0.39 is 9.75 Å². The van der Waals surface area contributed by atoms with Crippen LogP contribution in [0.4, 0.5) is 0 Å². The lowest BCUT2D eigenvalue weighted by molar-refractivity contribution is -0.122. The van der Waals surface area contributed by atoms with Crippen molar-refractivity contribution >= 4 is 29.0 Å². The van der Waals surface area contributed by atoms with E-state index in [1.54, 1.807) is 13.0 Å². The Morgan fingerprint density at radius 2 is 2.18 bits per heavy atom. The first-order chi connectivity index (χ1) is 4.94. The van der Waals surface area contributed by atoms with Crippen LogP contribution in [0.25, 0.3) is 0 Å². The van der Waals surface area contributed by atoms with Crippen molar-refractivity contribution in [3.8, 4) is 6.07 Å². The van der Waals surface area contributed by atoms with Crippen LogP contribution < -0.4 is 0 Å². The lowest BCUT2D eigenvalue weighted by Gasteiger charge is -2.06. The molecule has 0 aromatic heterocycles. The minimum absolute atomic E-state index is 0.0995. The summed E-state index contributed by atoms with van der Waals surface area (Å²) < 4.78 is -0.930. The van der Waals surface area contributed by atoms with Gasteiger partial charge in [0.2, 0.25) is 0 Å². The van der Waals surface area contributed by atoms with Crippen LogP contribution in [0.15, 0.2) is 0 Å². The summed E-state index contributed by atoms with van der Waals surface area (Å²) in [5.74, 6) is -0.162. The number of nitrogens with zero attached hydrogens (tertiary/aromatic N) is 1. The van der Waals surface area contributed by atoms with Crippen molar-refractivity contribution in [3.05, 3.63) is 0 Å². The Kier molecular flexibility index (Phi) is 1.90. The van der Waals surface area contributed by atoms with E-state index in [0.29, 0.717) is 6.42 Å². The molecule has 0 heterocycles. The third-order valence-electron chi connectivity index (χ3n) is 2.11. The summed E-state index contributed by atoms with van der Waals surface area (Å²) in [6.45, 7) is 1.69. The highest BCUT2D eigenvalue weighted by atomic mass is 35.5. The molecule has 0 saturated heterocycles. The highest BCUT2D eigenvalue weighted by Gasteiger charge is 2.67. The Labute approximate surface area is 75.1 Å². The van der Waals surface area contributed by atoms with Gasteiger partial charge in [0, 0.05) is 0 Å². The molecule has 0 amide bonds. The van der Waals surface area contributed by atoms with Crippen LogP contribution in [0.3, 0.4) is 0 Å². The number of rotatable bonds is 2. The standard InChI is InChI=1S/C7H7Cl2NO/c1-6(4-7(6,8)9)5(11)2-3-10/h2,4H2,1H3. The number of carbonyl (C=O) groups excluding carboxylic acids is 1. The van der Waals surface area contributed by atoms with E-state index in [1.165, 1.54) is 0 Å². The van der Waals surface area contributed by atoms with Crippen LogP contribution in [0.1, 0.15) is 19.8 Å². The molecule has 0 bridgehead atoms. The van der Waals surface area contributed by atoms with E-state index in [-0.39, 0.29) is 12.2 Å². The predicted molar refractivity (Wildman–Crippen MR) is 42.4 cm³/mol. The zero-order chi connectivity index (χ0) is 8.70. The molecule has 1 atom stereocenters. The van der Waals surface area contributed by atoms with E-state index in [4.69, 9.17) is 28.5 Å². The molecule has 1 unspecified atom stereocenters. The zero-order valence-electron chi connectivity index (χ0n) is 6.03. The molecule has 4 heteroatoms. The number of nitriles is 1. The van der Waals surface area contributed by atoms with Gasteiger partial charge in [-0.1, -0.05) is 0 Å². The number of Topliss-reactive ketones (excluding diaryl/α,β-unsaturated/α-hetero) is 1. The van der Waals surface area contributed by atoms with Crippen molar-refractivity contribution in [3.63, 3.8) is 0 Å². The maximum atomic E-state index is 11.2. The third kappa shape index (κ3) is 1.23. The van der Waals surface area contributed by atoms with Gasteiger partial charge >= 0.3 is 0 Å². The lowest BCUT2D eigenvalue weighted by atomic mass is 10.0. The van der Waals surface area contributed by atoms with Crippen molar-refractivity contribution in [2.24, 2.45) is 5.41 Å². The Balaban J connectivity index is 2.66. The van der Waals surface area contributed by atoms with Crippen LogP contribution in [-0.4, -0.2) is 10.1 Å². The van der Waals surface area contributed by atoms with Crippen molar-refractivity contribution < 1.29 is 4.79 Å². The van der Waals surface area contributed by atoms with E-state index >= 15 is 0 Å². The van der Waals surface area contributed by atoms with Crippen molar-refractivity contribution in [1.82, 2.24) is 0 Å². The van der Waals surface area contributed by atoms with Gasteiger partial charge < -0.3 is 0 Å². The smallest absolute Gasteiger partial charge is 0.155 e. The summed E-state index contributed by atoms with van der Waals surface area (Å²) in [7, 11) is 0. The molecular weight excluding hydrogens is 185 g/mol. The summed E-state index contributed by atoms with van der Waals surface area (Å²) >= 11 is 11.4. The fourth-order valence-corrected chi connectivity index (χ4v) is 1.71. The summed E-state index contributed by atoms with van der Waals surface area (Å²) in [5, 5.41) is 8.24. The van der Waals surface area contributed by atoms with Crippen LogP contribution in [0, 0.1) is 16.7 Å².